The lowest BCUT2D eigenvalue weighted by Crippen LogP contribution is -2.20. The van der Waals surface area contributed by atoms with Crippen LogP contribution >= 0.6 is 0 Å². The lowest BCUT2D eigenvalue weighted by Gasteiger charge is -2.09. The highest BCUT2D eigenvalue weighted by Crippen LogP contribution is 1.94. The number of carbonyl (C=O) groups is 1. The average Bonchev–Trinajstić information content (AvgIpc) is 2.21. The largest absolute Gasteiger partial charge is 0.380 e. The lowest BCUT2D eigenvalue weighted by atomic mass is 10.3. The molecule has 90 valence electrons. The van der Waals surface area contributed by atoms with E-state index < -0.39 is 0 Å². The van der Waals surface area contributed by atoms with Crippen LogP contribution < -0.4 is 5.32 Å². The standard InChI is InChI=1S/C11H23NO3/c1-4-12-6-9-14-7-5-8-15-11(3)10(2)13/h11-12H,4-9H2,1-3H3/t11-/m0/s1. The zero-order valence-electron chi connectivity index (χ0n) is 10.0. The van der Waals surface area contributed by atoms with Crippen molar-refractivity contribution in [3.05, 3.63) is 0 Å². The third kappa shape index (κ3) is 9.85. The molecule has 1 atom stereocenters. The molecule has 0 saturated carbocycles. The minimum atomic E-state index is -0.285. The zero-order chi connectivity index (χ0) is 11.5. The number of likely N-dealkylation sites (N-methyl/N-ethyl adjacent to an activating group) is 1. The van der Waals surface area contributed by atoms with Gasteiger partial charge >= 0.3 is 0 Å². The number of carbonyl (C=O) groups excluding carboxylic acids is 1. The number of Topliss-reactive ketones (excluding diaryl/α,β-unsaturated/α-hetero) is 1. The van der Waals surface area contributed by atoms with E-state index in [-0.39, 0.29) is 11.9 Å². The van der Waals surface area contributed by atoms with Crippen LogP contribution in [0.1, 0.15) is 27.2 Å². The molecule has 1 N–H and O–H groups in total. The number of ketones is 1. The molecule has 4 nitrogen and oxygen atoms in total. The minimum Gasteiger partial charge on any atom is -0.380 e. The molecule has 0 rings (SSSR count). The maximum Gasteiger partial charge on any atom is 0.158 e. The first-order chi connectivity index (χ1) is 7.18. The van der Waals surface area contributed by atoms with Gasteiger partial charge in [-0.25, -0.2) is 0 Å². The van der Waals surface area contributed by atoms with Gasteiger partial charge in [0.25, 0.3) is 0 Å². The number of nitrogens with one attached hydrogen (secondary N) is 1. The highest BCUT2D eigenvalue weighted by molar-refractivity contribution is 5.79. The van der Waals surface area contributed by atoms with Gasteiger partial charge in [0.2, 0.25) is 0 Å². The van der Waals surface area contributed by atoms with Crippen molar-refractivity contribution in [1.29, 1.82) is 0 Å². The van der Waals surface area contributed by atoms with E-state index >= 15 is 0 Å². The maximum absolute atomic E-state index is 10.8. The molecule has 0 heterocycles. The van der Waals surface area contributed by atoms with E-state index in [2.05, 4.69) is 12.2 Å². The van der Waals surface area contributed by atoms with Crippen molar-refractivity contribution in [3.63, 3.8) is 0 Å². The summed E-state index contributed by atoms with van der Waals surface area (Å²) in [6.07, 6.45) is 0.552. The highest BCUT2D eigenvalue weighted by atomic mass is 16.5. The van der Waals surface area contributed by atoms with Gasteiger partial charge in [0.1, 0.15) is 6.10 Å². The molecule has 0 fully saturated rings. The van der Waals surface area contributed by atoms with Gasteiger partial charge < -0.3 is 14.8 Å². The van der Waals surface area contributed by atoms with Gasteiger partial charge in [-0.05, 0) is 26.8 Å². The van der Waals surface area contributed by atoms with E-state index in [0.29, 0.717) is 13.2 Å². The van der Waals surface area contributed by atoms with Gasteiger partial charge in [-0.3, -0.25) is 4.79 Å². The second kappa shape index (κ2) is 10.1. The Hall–Kier alpha value is -0.450. The topological polar surface area (TPSA) is 47.6 Å². The summed E-state index contributed by atoms with van der Waals surface area (Å²) in [6.45, 7) is 9.25. The fraction of sp³-hybridized carbons (Fsp3) is 0.909. The molecule has 0 unspecified atom stereocenters. The Morgan fingerprint density at radius 2 is 2.07 bits per heavy atom. The molecule has 4 heteroatoms. The first kappa shape index (κ1) is 14.6. The van der Waals surface area contributed by atoms with Crippen LogP contribution in [0.3, 0.4) is 0 Å². The Morgan fingerprint density at radius 1 is 1.33 bits per heavy atom. The fourth-order valence-corrected chi connectivity index (χ4v) is 0.962. The minimum absolute atomic E-state index is 0.0723. The van der Waals surface area contributed by atoms with Gasteiger partial charge in [0.05, 0.1) is 6.61 Å². The zero-order valence-corrected chi connectivity index (χ0v) is 10.0. The molecule has 0 aromatic carbocycles. The molecule has 0 aliphatic carbocycles. The highest BCUT2D eigenvalue weighted by Gasteiger charge is 2.06. The van der Waals surface area contributed by atoms with Crippen molar-refractivity contribution < 1.29 is 14.3 Å². The molecule has 0 spiro atoms. The van der Waals surface area contributed by atoms with Gasteiger partial charge in [0, 0.05) is 19.8 Å². The summed E-state index contributed by atoms with van der Waals surface area (Å²) in [6, 6.07) is 0. The van der Waals surface area contributed by atoms with E-state index in [9.17, 15) is 4.79 Å². The Labute approximate surface area is 92.3 Å². The summed E-state index contributed by atoms with van der Waals surface area (Å²) in [7, 11) is 0. The number of hydrogen-bond acceptors (Lipinski definition) is 4. The summed E-state index contributed by atoms with van der Waals surface area (Å²) in [4.78, 5) is 10.8. The van der Waals surface area contributed by atoms with Crippen LogP contribution in [0.15, 0.2) is 0 Å². The first-order valence-electron chi connectivity index (χ1n) is 5.59. The SMILES string of the molecule is CCNCCOCCCO[C@@H](C)C(C)=O. The van der Waals surface area contributed by atoms with Crippen LogP contribution in [0, 0.1) is 0 Å². The molecule has 0 aliphatic rings. The summed E-state index contributed by atoms with van der Waals surface area (Å²) < 4.78 is 10.6. The Balaban J connectivity index is 3.08. The summed E-state index contributed by atoms with van der Waals surface area (Å²) >= 11 is 0. The van der Waals surface area contributed by atoms with Crippen LogP contribution in [-0.2, 0) is 14.3 Å². The predicted octanol–water partition coefficient (Wildman–Crippen LogP) is 0.997. The van der Waals surface area contributed by atoms with Gasteiger partial charge in [-0.2, -0.15) is 0 Å². The van der Waals surface area contributed by atoms with Crippen molar-refractivity contribution in [1.82, 2.24) is 5.32 Å². The molecule has 0 bridgehead atoms. The van der Waals surface area contributed by atoms with E-state index in [1.54, 1.807) is 6.92 Å². The normalized spacial score (nSPS) is 12.7. The van der Waals surface area contributed by atoms with Crippen molar-refractivity contribution >= 4 is 5.78 Å². The Bertz CT molecular complexity index is 162. The van der Waals surface area contributed by atoms with Crippen molar-refractivity contribution in [3.8, 4) is 0 Å². The van der Waals surface area contributed by atoms with Crippen molar-refractivity contribution in [2.45, 2.75) is 33.3 Å². The summed E-state index contributed by atoms with van der Waals surface area (Å²) in [5.74, 6) is 0.0723. The fourth-order valence-electron chi connectivity index (χ4n) is 0.962. The average molecular weight is 217 g/mol. The smallest absolute Gasteiger partial charge is 0.158 e. The van der Waals surface area contributed by atoms with E-state index in [1.807, 2.05) is 0 Å². The lowest BCUT2D eigenvalue weighted by molar-refractivity contribution is -0.127. The monoisotopic (exact) mass is 217 g/mol. The molecule has 15 heavy (non-hydrogen) atoms. The molecule has 0 radical (unpaired) electrons. The molecule has 0 aromatic heterocycles. The van der Waals surface area contributed by atoms with Gasteiger partial charge in [-0.1, -0.05) is 6.92 Å². The predicted molar refractivity (Wildman–Crippen MR) is 60.1 cm³/mol. The molecular formula is C11H23NO3. The summed E-state index contributed by atoms with van der Waals surface area (Å²) in [5, 5.41) is 3.17. The molecular weight excluding hydrogens is 194 g/mol. The summed E-state index contributed by atoms with van der Waals surface area (Å²) in [5.41, 5.74) is 0. The van der Waals surface area contributed by atoms with E-state index in [0.717, 1.165) is 26.1 Å². The number of ether oxygens (including phenoxy) is 2. The van der Waals surface area contributed by atoms with Gasteiger partial charge in [-0.15, -0.1) is 0 Å². The second-order valence-electron chi connectivity index (χ2n) is 3.44. The second-order valence-corrected chi connectivity index (χ2v) is 3.44. The molecule has 0 saturated heterocycles. The van der Waals surface area contributed by atoms with Crippen molar-refractivity contribution in [2.75, 3.05) is 32.9 Å². The van der Waals surface area contributed by atoms with Crippen LogP contribution in [-0.4, -0.2) is 44.8 Å². The van der Waals surface area contributed by atoms with Crippen LogP contribution in [0.2, 0.25) is 0 Å². The van der Waals surface area contributed by atoms with Gasteiger partial charge in [0.15, 0.2) is 5.78 Å². The van der Waals surface area contributed by atoms with E-state index in [1.165, 1.54) is 6.92 Å². The van der Waals surface area contributed by atoms with E-state index in [4.69, 9.17) is 9.47 Å². The first-order valence-corrected chi connectivity index (χ1v) is 5.59. The van der Waals surface area contributed by atoms with Crippen LogP contribution in [0.25, 0.3) is 0 Å². The molecule has 0 amide bonds. The quantitative estimate of drug-likeness (QED) is 0.555. The third-order valence-corrected chi connectivity index (χ3v) is 2.05. The molecule has 0 aromatic rings. The Morgan fingerprint density at radius 3 is 2.67 bits per heavy atom. The van der Waals surface area contributed by atoms with Crippen molar-refractivity contribution in [2.24, 2.45) is 0 Å². The third-order valence-electron chi connectivity index (χ3n) is 2.05. The van der Waals surface area contributed by atoms with Crippen LogP contribution in [0.4, 0.5) is 0 Å². The maximum atomic E-state index is 10.8. The molecule has 0 aliphatic heterocycles. The number of hydrogen-bond donors (Lipinski definition) is 1. The van der Waals surface area contributed by atoms with Crippen LogP contribution in [0.5, 0.6) is 0 Å². The Kier molecular flexibility index (Phi) is 9.78. The number of rotatable bonds is 10.